The monoisotopic (exact) mass is 463 g/mol. The zero-order valence-corrected chi connectivity index (χ0v) is 18.8. The van der Waals surface area contributed by atoms with Crippen LogP contribution < -0.4 is 15.0 Å². The Morgan fingerprint density at radius 2 is 1.88 bits per heavy atom. The first-order valence-electron chi connectivity index (χ1n) is 10.1. The number of rotatable bonds is 6. The highest BCUT2D eigenvalue weighted by atomic mass is 32.2. The smallest absolute Gasteiger partial charge is 0.273 e. The molecule has 1 aliphatic heterocycles. The van der Waals surface area contributed by atoms with Crippen LogP contribution >= 0.6 is 11.8 Å². The number of hydrogen-bond donors (Lipinski definition) is 1. The minimum Gasteiger partial charge on any atom is -0.495 e. The lowest BCUT2D eigenvalue weighted by Gasteiger charge is -2.27. The molecule has 0 aliphatic carbocycles. The summed E-state index contributed by atoms with van der Waals surface area (Å²) in [7, 11) is 1.55. The summed E-state index contributed by atoms with van der Waals surface area (Å²) in [5, 5.41) is 13.7. The summed E-state index contributed by atoms with van der Waals surface area (Å²) in [5.41, 5.74) is 2.46. The molecule has 3 aromatic rings. The van der Waals surface area contributed by atoms with Gasteiger partial charge in [0.2, 0.25) is 5.91 Å². The van der Waals surface area contributed by atoms with Crippen LogP contribution in [0.1, 0.15) is 26.9 Å². The molecule has 2 amide bonds. The Kier molecular flexibility index (Phi) is 6.32. The largest absolute Gasteiger partial charge is 0.495 e. The van der Waals surface area contributed by atoms with Crippen LogP contribution in [-0.4, -0.2) is 29.6 Å². The topological polar surface area (TPSA) is 102 Å². The van der Waals surface area contributed by atoms with Crippen LogP contribution in [-0.2, 0) is 4.79 Å². The number of nitrogens with one attached hydrogen (secondary N) is 1. The van der Waals surface area contributed by atoms with Crippen LogP contribution in [0.15, 0.2) is 66.7 Å². The lowest BCUT2D eigenvalue weighted by atomic mass is 10.1. The van der Waals surface area contributed by atoms with Gasteiger partial charge in [0.25, 0.3) is 11.6 Å². The van der Waals surface area contributed by atoms with Gasteiger partial charge in [0, 0.05) is 28.4 Å². The molecule has 4 rings (SSSR count). The lowest BCUT2D eigenvalue weighted by Crippen LogP contribution is -2.29. The Balaban J connectivity index is 1.68. The summed E-state index contributed by atoms with van der Waals surface area (Å²) >= 11 is 1.45. The van der Waals surface area contributed by atoms with Crippen LogP contribution in [0, 0.1) is 17.0 Å². The molecule has 0 spiro atoms. The van der Waals surface area contributed by atoms with Gasteiger partial charge in [-0.25, -0.2) is 0 Å². The number of methoxy groups -OCH3 is 1. The van der Waals surface area contributed by atoms with Gasteiger partial charge in [0.1, 0.15) is 11.1 Å². The third-order valence-electron chi connectivity index (χ3n) is 5.36. The van der Waals surface area contributed by atoms with Crippen molar-refractivity contribution in [1.29, 1.82) is 0 Å². The van der Waals surface area contributed by atoms with Gasteiger partial charge in [-0.15, -0.1) is 11.8 Å². The Morgan fingerprint density at radius 1 is 1.15 bits per heavy atom. The van der Waals surface area contributed by atoms with Crippen LogP contribution in [0.4, 0.5) is 17.1 Å². The van der Waals surface area contributed by atoms with Crippen molar-refractivity contribution >= 4 is 40.6 Å². The predicted octanol–water partition coefficient (Wildman–Crippen LogP) is 4.94. The molecule has 0 saturated carbocycles. The molecule has 0 unspecified atom stereocenters. The van der Waals surface area contributed by atoms with Crippen molar-refractivity contribution in [2.75, 3.05) is 23.1 Å². The molecule has 8 nitrogen and oxygen atoms in total. The van der Waals surface area contributed by atoms with E-state index in [0.29, 0.717) is 22.7 Å². The van der Waals surface area contributed by atoms with Gasteiger partial charge >= 0.3 is 0 Å². The fraction of sp³-hybridized carbons (Fsp3) is 0.167. The minimum absolute atomic E-state index is 0.0650. The van der Waals surface area contributed by atoms with E-state index >= 15 is 0 Å². The summed E-state index contributed by atoms with van der Waals surface area (Å²) in [4.78, 5) is 38.2. The molecule has 0 aromatic heterocycles. The van der Waals surface area contributed by atoms with Crippen molar-refractivity contribution in [3.05, 3.63) is 93.5 Å². The van der Waals surface area contributed by atoms with Crippen LogP contribution in [0.3, 0.4) is 0 Å². The number of amides is 2. The van der Waals surface area contributed by atoms with Gasteiger partial charge in [-0.3, -0.25) is 24.6 Å². The quantitative estimate of drug-likeness (QED) is 0.410. The van der Waals surface area contributed by atoms with E-state index in [9.17, 15) is 19.7 Å². The molecule has 33 heavy (non-hydrogen) atoms. The van der Waals surface area contributed by atoms with Crippen molar-refractivity contribution in [2.45, 2.75) is 12.3 Å². The maximum absolute atomic E-state index is 12.9. The second kappa shape index (κ2) is 9.33. The molecule has 1 N–H and O–H groups in total. The highest BCUT2D eigenvalue weighted by Crippen LogP contribution is 2.46. The molecule has 9 heteroatoms. The molecule has 1 fully saturated rings. The first-order chi connectivity index (χ1) is 15.9. The number of para-hydroxylation sites is 3. The van der Waals surface area contributed by atoms with E-state index in [1.54, 1.807) is 49.3 Å². The normalized spacial score (nSPS) is 15.4. The van der Waals surface area contributed by atoms with Crippen LogP contribution in [0.2, 0.25) is 0 Å². The molecular weight excluding hydrogens is 442 g/mol. The van der Waals surface area contributed by atoms with E-state index in [4.69, 9.17) is 4.74 Å². The summed E-state index contributed by atoms with van der Waals surface area (Å²) in [6.07, 6.45) is 0. The average Bonchev–Trinajstić information content (AvgIpc) is 3.20. The van der Waals surface area contributed by atoms with Crippen molar-refractivity contribution in [3.8, 4) is 5.75 Å². The van der Waals surface area contributed by atoms with Gasteiger partial charge in [0.15, 0.2) is 0 Å². The van der Waals surface area contributed by atoms with Crippen molar-refractivity contribution in [1.82, 2.24) is 0 Å². The van der Waals surface area contributed by atoms with Crippen molar-refractivity contribution < 1.29 is 19.2 Å². The maximum Gasteiger partial charge on any atom is 0.273 e. The predicted molar refractivity (Wildman–Crippen MR) is 128 cm³/mol. The van der Waals surface area contributed by atoms with Gasteiger partial charge < -0.3 is 10.1 Å². The highest BCUT2D eigenvalue weighted by molar-refractivity contribution is 8.00. The number of ether oxygens (including phenoxy) is 1. The number of nitro groups is 1. The summed E-state index contributed by atoms with van der Waals surface area (Å²) < 4.78 is 5.46. The molecule has 1 heterocycles. The first kappa shape index (κ1) is 22.3. The van der Waals surface area contributed by atoms with E-state index in [0.717, 1.165) is 5.56 Å². The maximum atomic E-state index is 12.9. The fourth-order valence-corrected chi connectivity index (χ4v) is 4.92. The van der Waals surface area contributed by atoms with E-state index in [1.165, 1.54) is 17.8 Å². The summed E-state index contributed by atoms with van der Waals surface area (Å²) in [6, 6.07) is 18.9. The third-order valence-corrected chi connectivity index (χ3v) is 6.55. The van der Waals surface area contributed by atoms with E-state index in [-0.39, 0.29) is 28.3 Å². The molecule has 3 aromatic carbocycles. The number of carbonyl (C=O) groups is 2. The fourth-order valence-electron chi connectivity index (χ4n) is 3.71. The number of aryl methyl sites for hydroxylation is 1. The standard InChI is InChI=1S/C24H21N3O5S/c1-15-11-12-16(13-20(15)27(30)31)23(29)25-18-8-4-3-7-17(18)24-26(22(28)14-33-24)19-9-5-6-10-21(19)32-2/h3-13,24H,14H2,1-2H3,(H,25,29)/t24-/m1/s1. The highest BCUT2D eigenvalue weighted by Gasteiger charge is 2.36. The van der Waals surface area contributed by atoms with E-state index < -0.39 is 10.8 Å². The van der Waals surface area contributed by atoms with Crippen molar-refractivity contribution in [2.24, 2.45) is 0 Å². The SMILES string of the molecule is COc1ccccc1N1C(=O)CS[C@@H]1c1ccccc1NC(=O)c1ccc(C)c([N+](=O)[O-])c1. The van der Waals surface area contributed by atoms with Crippen LogP contribution in [0.25, 0.3) is 0 Å². The molecule has 1 aliphatic rings. The second-order valence-electron chi connectivity index (χ2n) is 7.40. The Morgan fingerprint density at radius 3 is 2.64 bits per heavy atom. The Labute approximate surface area is 194 Å². The number of nitro benzene ring substituents is 1. The Hall–Kier alpha value is -3.85. The number of thioether (sulfide) groups is 1. The molecule has 0 radical (unpaired) electrons. The minimum atomic E-state index is -0.508. The second-order valence-corrected chi connectivity index (χ2v) is 8.47. The zero-order chi connectivity index (χ0) is 23.5. The molecule has 1 saturated heterocycles. The number of carbonyl (C=O) groups excluding carboxylic acids is 2. The van der Waals surface area contributed by atoms with Gasteiger partial charge in [-0.05, 0) is 31.2 Å². The summed E-state index contributed by atoms with van der Waals surface area (Å²) in [6.45, 7) is 1.62. The Bertz CT molecular complexity index is 1250. The third kappa shape index (κ3) is 4.40. The zero-order valence-electron chi connectivity index (χ0n) is 18.0. The van der Waals surface area contributed by atoms with E-state index in [2.05, 4.69) is 5.32 Å². The molecule has 0 bridgehead atoms. The summed E-state index contributed by atoms with van der Waals surface area (Å²) in [5.74, 6) is 0.329. The van der Waals surface area contributed by atoms with Crippen LogP contribution in [0.5, 0.6) is 5.75 Å². The molecule has 1 atom stereocenters. The van der Waals surface area contributed by atoms with Gasteiger partial charge in [0.05, 0.1) is 23.5 Å². The van der Waals surface area contributed by atoms with Gasteiger partial charge in [-0.2, -0.15) is 0 Å². The number of hydrogen-bond acceptors (Lipinski definition) is 6. The first-order valence-corrected chi connectivity index (χ1v) is 11.2. The number of benzene rings is 3. The molecule has 168 valence electrons. The van der Waals surface area contributed by atoms with Crippen molar-refractivity contribution in [3.63, 3.8) is 0 Å². The lowest BCUT2D eigenvalue weighted by molar-refractivity contribution is -0.385. The van der Waals surface area contributed by atoms with Gasteiger partial charge in [-0.1, -0.05) is 36.4 Å². The average molecular weight is 464 g/mol. The molecular formula is C24H21N3O5S. The van der Waals surface area contributed by atoms with E-state index in [1.807, 2.05) is 30.3 Å². The number of nitrogens with zero attached hydrogens (tertiary/aromatic N) is 2. The number of anilines is 2.